The Morgan fingerprint density at radius 2 is 1.23 bits per heavy atom. The molecule has 0 saturated heterocycles. The minimum atomic E-state index is -1.08. The maximum Gasteiger partial charge on any atom is 0.355 e. The molecule has 0 amide bonds. The Labute approximate surface area is 360 Å². The summed E-state index contributed by atoms with van der Waals surface area (Å²) in [7, 11) is 0. The maximum atomic E-state index is 11.7. The van der Waals surface area contributed by atoms with Gasteiger partial charge in [0.05, 0.1) is 0 Å². The van der Waals surface area contributed by atoms with Crippen molar-refractivity contribution in [3.63, 3.8) is 0 Å². The number of rotatable bonds is 15. The fourth-order valence-electron chi connectivity index (χ4n) is 6.80. The number of aromatic amines is 2. The number of hydrogen-bond acceptors (Lipinski definition) is 10. The van der Waals surface area contributed by atoms with Crippen LogP contribution in [-0.4, -0.2) is 77.7 Å². The van der Waals surface area contributed by atoms with Crippen molar-refractivity contribution < 1.29 is 14.7 Å². The van der Waals surface area contributed by atoms with Gasteiger partial charge in [0.2, 0.25) is 11.6 Å². The normalized spacial score (nSPS) is 11.1. The van der Waals surface area contributed by atoms with Crippen molar-refractivity contribution in [1.29, 1.82) is 0 Å². The van der Waals surface area contributed by atoms with Crippen LogP contribution in [0.25, 0.3) is 51.1 Å². The molecule has 0 unspecified atom stereocenters. The summed E-state index contributed by atoms with van der Waals surface area (Å²) in [5.74, 6) is 1.35. The standard InChI is InChI=1S/C22H21ClN6O2.C22H19ClN6O/c1-2-3-8-18-24-20(23)19(22(30)31)29(18)13-14-9-11-15(12-10-14)16-6-4-5-7-17(16)21-25-27-28-26-21;1-2-3-8-20-24-21(23)19(14-30)29(20)13-15-9-11-16(12-10-15)17-6-4-5-7-18(17)22-25-27-28-26-22/h4-7,9-12H,2-3,8,13H2,1H3,(H,30,31)(H,25,26,27,28);3-12,14H,2,13H2,1H3,(H,25,26,27,28)/b;8-3+. The Balaban J connectivity index is 0.000000184. The molecule has 308 valence electrons. The number of tetrazole rings is 2. The van der Waals surface area contributed by atoms with Crippen molar-refractivity contribution in [2.75, 3.05) is 0 Å². The van der Waals surface area contributed by atoms with Gasteiger partial charge in [0.1, 0.15) is 17.3 Å². The lowest BCUT2D eigenvalue weighted by Crippen LogP contribution is -2.13. The number of nitrogens with one attached hydrogen (secondary N) is 2. The smallest absolute Gasteiger partial charge is 0.355 e. The number of unbranched alkanes of at least 4 members (excludes halogenated alkanes) is 1. The van der Waals surface area contributed by atoms with Crippen LogP contribution in [0.4, 0.5) is 0 Å². The van der Waals surface area contributed by atoms with Gasteiger partial charge in [0, 0.05) is 30.6 Å². The number of allylic oxidation sites excluding steroid dienone is 1. The Bertz CT molecular complexity index is 2740. The molecule has 3 N–H and O–H groups in total. The molecule has 0 atom stereocenters. The molecule has 0 spiro atoms. The number of halogens is 2. The van der Waals surface area contributed by atoms with Gasteiger partial charge in [-0.1, -0.05) is 147 Å². The van der Waals surface area contributed by atoms with Crippen LogP contribution in [0.15, 0.2) is 103 Å². The summed E-state index contributed by atoms with van der Waals surface area (Å²) in [6, 6.07) is 31.8. The highest BCUT2D eigenvalue weighted by Gasteiger charge is 2.22. The zero-order chi connectivity index (χ0) is 42.7. The number of imidazole rings is 2. The molecule has 17 heteroatoms. The van der Waals surface area contributed by atoms with E-state index in [0.717, 1.165) is 70.1 Å². The minimum absolute atomic E-state index is 0.0271. The molecule has 15 nitrogen and oxygen atoms in total. The average molecular weight is 856 g/mol. The molecule has 4 aromatic carbocycles. The molecular weight excluding hydrogens is 815 g/mol. The Kier molecular flexibility index (Phi) is 13.6. The number of carbonyl (C=O) groups excluding carboxylic acids is 1. The summed E-state index contributed by atoms with van der Waals surface area (Å²) in [5.41, 5.74) is 8.18. The van der Waals surface area contributed by atoms with E-state index in [-0.39, 0.29) is 16.0 Å². The van der Waals surface area contributed by atoms with E-state index in [9.17, 15) is 14.7 Å². The fourth-order valence-corrected chi connectivity index (χ4v) is 7.32. The van der Waals surface area contributed by atoms with Gasteiger partial charge in [-0.05, 0) is 62.7 Å². The van der Waals surface area contributed by atoms with Gasteiger partial charge in [-0.15, -0.1) is 20.4 Å². The van der Waals surface area contributed by atoms with Crippen LogP contribution in [0.5, 0.6) is 0 Å². The van der Waals surface area contributed by atoms with Crippen molar-refractivity contribution in [3.05, 3.63) is 148 Å². The first-order chi connectivity index (χ1) is 29.8. The number of carbonyl (C=O) groups is 2. The van der Waals surface area contributed by atoms with E-state index in [1.165, 1.54) is 0 Å². The minimum Gasteiger partial charge on any atom is -0.476 e. The highest BCUT2D eigenvalue weighted by molar-refractivity contribution is 6.32. The van der Waals surface area contributed by atoms with Crippen molar-refractivity contribution in [1.82, 2.24) is 60.4 Å². The second-order valence-electron chi connectivity index (χ2n) is 13.8. The van der Waals surface area contributed by atoms with Crippen LogP contribution in [0.2, 0.25) is 10.3 Å². The van der Waals surface area contributed by atoms with Gasteiger partial charge >= 0.3 is 5.97 Å². The molecule has 61 heavy (non-hydrogen) atoms. The third kappa shape index (κ3) is 9.69. The van der Waals surface area contributed by atoms with E-state index in [1.807, 2.05) is 121 Å². The fraction of sp³-hybridized carbons (Fsp3) is 0.182. The molecule has 8 aromatic rings. The zero-order valence-corrected chi connectivity index (χ0v) is 34.7. The van der Waals surface area contributed by atoms with Gasteiger partial charge in [-0.3, -0.25) is 4.79 Å². The summed E-state index contributed by atoms with van der Waals surface area (Å²) < 4.78 is 3.52. The third-order valence-corrected chi connectivity index (χ3v) is 10.3. The van der Waals surface area contributed by atoms with Gasteiger partial charge in [-0.2, -0.15) is 10.4 Å². The number of aromatic carboxylic acids is 1. The number of aromatic nitrogens is 12. The second kappa shape index (κ2) is 19.8. The first-order valence-corrected chi connectivity index (χ1v) is 20.2. The lowest BCUT2D eigenvalue weighted by atomic mass is 9.98. The molecule has 0 saturated carbocycles. The molecular formula is C44H40Cl2N12O3. The SMILES string of the molecule is CC/C=C/c1nc(Cl)c(C=O)n1Cc1ccc(-c2ccccc2-c2nn[nH]n2)cc1.CCCCc1nc(Cl)c(C(=O)O)n1Cc1ccc(-c2ccccc2-c2nn[nH]n2)cc1. The second-order valence-corrected chi connectivity index (χ2v) is 14.5. The average Bonchev–Trinajstić information content (AvgIpc) is 4.12. The summed E-state index contributed by atoms with van der Waals surface area (Å²) in [6.07, 6.45) is 8.07. The van der Waals surface area contributed by atoms with Crippen LogP contribution < -0.4 is 0 Å². The molecule has 4 heterocycles. The molecule has 8 rings (SSSR count). The van der Waals surface area contributed by atoms with E-state index in [1.54, 1.807) is 4.57 Å². The first-order valence-electron chi connectivity index (χ1n) is 19.5. The number of aryl methyl sites for hydroxylation is 1. The van der Waals surface area contributed by atoms with E-state index in [4.69, 9.17) is 23.2 Å². The highest BCUT2D eigenvalue weighted by atomic mass is 35.5. The summed E-state index contributed by atoms with van der Waals surface area (Å²) in [4.78, 5) is 31.9. The maximum absolute atomic E-state index is 11.7. The number of hydrogen-bond donors (Lipinski definition) is 3. The van der Waals surface area contributed by atoms with E-state index in [2.05, 4.69) is 58.1 Å². The van der Waals surface area contributed by atoms with Crippen LogP contribution >= 0.6 is 23.2 Å². The Hall–Kier alpha value is -7.10. The monoisotopic (exact) mass is 854 g/mol. The Morgan fingerprint density at radius 3 is 1.69 bits per heavy atom. The summed E-state index contributed by atoms with van der Waals surface area (Å²) >= 11 is 12.3. The highest BCUT2D eigenvalue weighted by Crippen LogP contribution is 2.32. The number of carboxylic acid groups (broad SMARTS) is 1. The number of aldehydes is 1. The zero-order valence-electron chi connectivity index (χ0n) is 33.2. The lowest BCUT2D eigenvalue weighted by molar-refractivity contribution is 0.0685. The van der Waals surface area contributed by atoms with Crippen molar-refractivity contribution in [3.8, 4) is 45.0 Å². The van der Waals surface area contributed by atoms with Gasteiger partial charge in [0.15, 0.2) is 22.3 Å². The van der Waals surface area contributed by atoms with Crippen molar-refractivity contribution in [2.24, 2.45) is 0 Å². The number of nitrogens with zero attached hydrogens (tertiary/aromatic N) is 10. The molecule has 0 radical (unpaired) electrons. The third-order valence-electron chi connectivity index (χ3n) is 9.80. The molecule has 0 aliphatic heterocycles. The van der Waals surface area contributed by atoms with Gasteiger partial charge in [-0.25, -0.2) is 14.8 Å². The van der Waals surface area contributed by atoms with Crippen molar-refractivity contribution in [2.45, 2.75) is 52.6 Å². The quantitative estimate of drug-likeness (QED) is 0.0831. The molecule has 0 bridgehead atoms. The predicted octanol–water partition coefficient (Wildman–Crippen LogP) is 9.14. The lowest BCUT2D eigenvalue weighted by Gasteiger charge is -2.12. The molecule has 0 aliphatic rings. The summed E-state index contributed by atoms with van der Waals surface area (Å²) in [5, 5.41) is 38.5. The topological polar surface area (TPSA) is 199 Å². The largest absolute Gasteiger partial charge is 0.476 e. The van der Waals surface area contributed by atoms with Crippen LogP contribution in [0, 0.1) is 0 Å². The molecule has 0 fully saturated rings. The number of carboxylic acids is 1. The predicted molar refractivity (Wildman–Crippen MR) is 233 cm³/mol. The van der Waals surface area contributed by atoms with Crippen molar-refractivity contribution >= 4 is 41.5 Å². The van der Waals surface area contributed by atoms with Crippen LogP contribution in [0.3, 0.4) is 0 Å². The van der Waals surface area contributed by atoms with Crippen LogP contribution in [-0.2, 0) is 19.5 Å². The number of H-pyrrole nitrogens is 2. The first kappa shape index (κ1) is 42.0. The van der Waals surface area contributed by atoms with Gasteiger partial charge < -0.3 is 14.2 Å². The van der Waals surface area contributed by atoms with Gasteiger partial charge in [0.25, 0.3) is 0 Å². The molecule has 0 aliphatic carbocycles. The van der Waals surface area contributed by atoms with E-state index < -0.39 is 5.97 Å². The number of benzene rings is 4. The van der Waals surface area contributed by atoms with E-state index >= 15 is 0 Å². The Morgan fingerprint density at radius 1 is 0.705 bits per heavy atom. The van der Waals surface area contributed by atoms with E-state index in [0.29, 0.717) is 48.5 Å². The van der Waals surface area contributed by atoms with Crippen LogP contribution in [0.1, 0.15) is 76.9 Å². The summed E-state index contributed by atoms with van der Waals surface area (Å²) in [6.45, 7) is 4.99. The molecule has 4 aromatic heterocycles.